The molecule has 0 N–H and O–H groups in total. The third kappa shape index (κ3) is 31.9. The van der Waals surface area contributed by atoms with Crippen LogP contribution < -0.4 is 0 Å². The van der Waals surface area contributed by atoms with Crippen LogP contribution >= 0.6 is 0 Å². The number of esters is 6. The summed E-state index contributed by atoms with van der Waals surface area (Å²) >= 11 is 0. The summed E-state index contributed by atoms with van der Waals surface area (Å²) in [5, 5.41) is 0. The lowest BCUT2D eigenvalue weighted by molar-refractivity contribution is -0.144. The molecule has 0 unspecified atom stereocenters. The van der Waals surface area contributed by atoms with Crippen LogP contribution in [0.3, 0.4) is 0 Å². The molecule has 0 rings (SSSR count). The van der Waals surface area contributed by atoms with Crippen LogP contribution in [-0.4, -0.2) is 155 Å². The average molecular weight is 857 g/mol. The van der Waals surface area contributed by atoms with Crippen LogP contribution in [0.5, 0.6) is 0 Å². The van der Waals surface area contributed by atoms with Gasteiger partial charge in [-0.2, -0.15) is 0 Å². The molecule has 0 aliphatic heterocycles. The second-order valence-electron chi connectivity index (χ2n) is 12.3. The van der Waals surface area contributed by atoms with Crippen molar-refractivity contribution in [2.75, 3.05) is 119 Å². The van der Waals surface area contributed by atoms with Crippen molar-refractivity contribution >= 4 is 35.8 Å². The Labute approximate surface area is 353 Å². The maximum atomic E-state index is 11.1. The summed E-state index contributed by atoms with van der Waals surface area (Å²) in [6, 6.07) is 0. The smallest absolute Gasteiger partial charge is 0.330 e. The Kier molecular flexibility index (Phi) is 36.4. The zero-order valence-corrected chi connectivity index (χ0v) is 35.2. The fraction of sp³-hybridized carbons (Fsp3) is 0.571. The van der Waals surface area contributed by atoms with Gasteiger partial charge in [-0.1, -0.05) is 53.3 Å². The zero-order valence-electron chi connectivity index (χ0n) is 35.2. The molecule has 0 aromatic rings. The third-order valence-corrected chi connectivity index (χ3v) is 7.78. The van der Waals surface area contributed by atoms with E-state index in [9.17, 15) is 28.8 Å². The van der Waals surface area contributed by atoms with E-state index in [-0.39, 0.29) is 119 Å². The lowest BCUT2D eigenvalue weighted by Crippen LogP contribution is -2.38. The van der Waals surface area contributed by atoms with Crippen LogP contribution in [0.2, 0.25) is 0 Å². The largest absolute Gasteiger partial charge is 0.460 e. The normalized spacial score (nSPS) is 10.7. The second kappa shape index (κ2) is 38.2. The number of carbonyl (C=O) groups is 6. The Bertz CT molecular complexity index is 1060. The Balaban J connectivity index is 0. The number of ether oxygens (including phenoxy) is 12. The molecule has 340 valence electrons. The maximum absolute atomic E-state index is 11.1. The van der Waals surface area contributed by atoms with Gasteiger partial charge in [0.15, 0.2) is 0 Å². The summed E-state index contributed by atoms with van der Waals surface area (Å²) in [6.07, 6.45) is 7.81. The first kappa shape index (κ1) is 57.1. The van der Waals surface area contributed by atoms with Crippen LogP contribution in [0.25, 0.3) is 0 Å². The van der Waals surface area contributed by atoms with E-state index in [1.165, 1.54) is 0 Å². The van der Waals surface area contributed by atoms with Gasteiger partial charge < -0.3 is 56.8 Å². The van der Waals surface area contributed by atoms with Crippen molar-refractivity contribution in [3.05, 3.63) is 75.9 Å². The van der Waals surface area contributed by atoms with Gasteiger partial charge in [0.05, 0.1) is 79.3 Å². The van der Waals surface area contributed by atoms with E-state index in [0.29, 0.717) is 12.8 Å². The van der Waals surface area contributed by atoms with E-state index in [0.717, 1.165) is 36.5 Å². The predicted molar refractivity (Wildman–Crippen MR) is 217 cm³/mol. The molecule has 18 nitrogen and oxygen atoms in total. The number of hydrogen-bond donors (Lipinski definition) is 0. The van der Waals surface area contributed by atoms with Gasteiger partial charge in [-0.15, -0.1) is 0 Å². The van der Waals surface area contributed by atoms with Gasteiger partial charge in [0.1, 0.15) is 39.6 Å². The van der Waals surface area contributed by atoms with Gasteiger partial charge in [-0.05, 0) is 12.8 Å². The lowest BCUT2D eigenvalue weighted by atomic mass is 9.88. The standard InChI is InChI=1S/2C21H32O9/c2*1-5-18(22)28-12-9-25-15-21(8-4,16-26-10-13-29-19(23)6-2)17-27-11-14-30-20(24)7-3/h2*5-7H,1-3,8-17H2,4H3. The molecule has 0 heterocycles. The van der Waals surface area contributed by atoms with Crippen molar-refractivity contribution in [2.24, 2.45) is 10.8 Å². The minimum Gasteiger partial charge on any atom is -0.460 e. The molecule has 0 radical (unpaired) electrons. The molecule has 18 heteroatoms. The Morgan fingerprint density at radius 2 is 0.467 bits per heavy atom. The average Bonchev–Trinajstić information content (AvgIpc) is 3.27. The fourth-order valence-electron chi connectivity index (χ4n) is 4.16. The van der Waals surface area contributed by atoms with Crippen molar-refractivity contribution in [1.29, 1.82) is 0 Å². The Morgan fingerprint density at radius 1 is 0.317 bits per heavy atom. The minimum absolute atomic E-state index is 0.0986. The summed E-state index contributed by atoms with van der Waals surface area (Å²) in [5.74, 6) is -3.11. The monoisotopic (exact) mass is 856 g/mol. The summed E-state index contributed by atoms with van der Waals surface area (Å²) in [7, 11) is 0. The van der Waals surface area contributed by atoms with Gasteiger partial charge >= 0.3 is 35.8 Å². The highest BCUT2D eigenvalue weighted by atomic mass is 16.6. The van der Waals surface area contributed by atoms with Crippen molar-refractivity contribution in [1.82, 2.24) is 0 Å². The van der Waals surface area contributed by atoms with E-state index in [1.807, 2.05) is 13.8 Å². The number of carbonyl (C=O) groups excluding carboxylic acids is 6. The first-order valence-corrected chi connectivity index (χ1v) is 19.1. The second-order valence-corrected chi connectivity index (χ2v) is 12.3. The van der Waals surface area contributed by atoms with Gasteiger partial charge in [0, 0.05) is 47.3 Å². The van der Waals surface area contributed by atoms with E-state index < -0.39 is 46.6 Å². The van der Waals surface area contributed by atoms with Crippen molar-refractivity contribution in [3.63, 3.8) is 0 Å². The molecule has 0 fully saturated rings. The van der Waals surface area contributed by atoms with Crippen molar-refractivity contribution in [2.45, 2.75) is 26.7 Å². The molecule has 0 saturated carbocycles. The van der Waals surface area contributed by atoms with Crippen molar-refractivity contribution in [3.8, 4) is 0 Å². The predicted octanol–water partition coefficient (Wildman–Crippen LogP) is 3.24. The molecule has 0 aromatic heterocycles. The minimum atomic E-state index is -0.518. The summed E-state index contributed by atoms with van der Waals surface area (Å²) in [5.41, 5.74) is -0.985. The molecular formula is C42H64O18. The Hall–Kier alpha value is -4.98. The van der Waals surface area contributed by atoms with Gasteiger partial charge in [-0.3, -0.25) is 0 Å². The van der Waals surface area contributed by atoms with Gasteiger partial charge in [-0.25, -0.2) is 28.8 Å². The highest BCUT2D eigenvalue weighted by Gasteiger charge is 2.31. The molecule has 0 aromatic carbocycles. The molecule has 0 saturated heterocycles. The topological polar surface area (TPSA) is 213 Å². The van der Waals surface area contributed by atoms with Crippen LogP contribution in [-0.2, 0) is 85.6 Å². The maximum Gasteiger partial charge on any atom is 0.330 e. The van der Waals surface area contributed by atoms with Crippen LogP contribution in [0.1, 0.15) is 26.7 Å². The quantitative estimate of drug-likeness (QED) is 0.0377. The molecule has 0 bridgehead atoms. The molecule has 0 aliphatic carbocycles. The number of rotatable bonds is 38. The van der Waals surface area contributed by atoms with E-state index in [1.54, 1.807) is 0 Å². The Morgan fingerprint density at radius 3 is 0.583 bits per heavy atom. The number of hydrogen-bond acceptors (Lipinski definition) is 18. The first-order valence-electron chi connectivity index (χ1n) is 19.1. The first-order chi connectivity index (χ1) is 28.8. The molecule has 0 atom stereocenters. The van der Waals surface area contributed by atoms with Crippen LogP contribution in [0.15, 0.2) is 75.9 Å². The van der Waals surface area contributed by atoms with Crippen LogP contribution in [0.4, 0.5) is 0 Å². The van der Waals surface area contributed by atoms with E-state index in [4.69, 9.17) is 56.8 Å². The molecule has 0 amide bonds. The SMILES string of the molecule is C=CC(=O)OCCOCC(CC)(COCCOC(=O)C=C)COCCOC(=O)C=C.C=CC(=O)OCCOCC(CC)(COCCOC(=O)C=C)COCCOC(=O)C=C. The van der Waals surface area contributed by atoms with Gasteiger partial charge in [0.2, 0.25) is 0 Å². The summed E-state index contributed by atoms with van der Waals surface area (Å²) in [6.45, 7) is 27.4. The fourth-order valence-corrected chi connectivity index (χ4v) is 4.16. The highest BCUT2D eigenvalue weighted by molar-refractivity contribution is 5.82. The summed E-state index contributed by atoms with van der Waals surface area (Å²) in [4.78, 5) is 66.3. The van der Waals surface area contributed by atoms with E-state index >= 15 is 0 Å². The molecule has 60 heavy (non-hydrogen) atoms. The highest BCUT2D eigenvalue weighted by Crippen LogP contribution is 2.25. The van der Waals surface area contributed by atoms with Gasteiger partial charge in [0.25, 0.3) is 0 Å². The van der Waals surface area contributed by atoms with Crippen molar-refractivity contribution < 1.29 is 85.6 Å². The lowest BCUT2D eigenvalue weighted by Gasteiger charge is -2.32. The molecule has 0 aliphatic rings. The zero-order chi connectivity index (χ0) is 45.3. The molecule has 0 spiro atoms. The third-order valence-electron chi connectivity index (χ3n) is 7.78. The van der Waals surface area contributed by atoms with Crippen LogP contribution in [0, 0.1) is 10.8 Å². The molecular weight excluding hydrogens is 792 g/mol. The summed E-state index contributed by atoms with van der Waals surface area (Å²) < 4.78 is 63.1. The van der Waals surface area contributed by atoms with E-state index in [2.05, 4.69) is 39.5 Å².